The van der Waals surface area contributed by atoms with Crippen LogP contribution in [0.4, 0.5) is 0 Å². The summed E-state index contributed by atoms with van der Waals surface area (Å²) in [6, 6.07) is 8.92. The van der Waals surface area contributed by atoms with Crippen molar-refractivity contribution in [1.29, 1.82) is 0 Å². The fourth-order valence-electron chi connectivity index (χ4n) is 2.47. The number of rotatable bonds is 2. The lowest BCUT2D eigenvalue weighted by atomic mass is 10.1. The minimum absolute atomic E-state index is 0.343. The predicted molar refractivity (Wildman–Crippen MR) is 84.4 cm³/mol. The number of sulfonamides is 1. The third-order valence-electron chi connectivity index (χ3n) is 3.70. The Labute approximate surface area is 133 Å². The summed E-state index contributed by atoms with van der Waals surface area (Å²) in [6.07, 6.45) is 2.41. The minimum Gasteiger partial charge on any atom is -0.261 e. The molecular weight excluding hydrogens is 352 g/mol. The zero-order chi connectivity index (χ0) is 15.0. The topological polar surface area (TPSA) is 50.3 Å². The Morgan fingerprint density at radius 3 is 2.86 bits per heavy atom. The molecule has 4 nitrogen and oxygen atoms in total. The van der Waals surface area contributed by atoms with E-state index in [1.807, 2.05) is 19.1 Å². The normalized spacial score (nSPS) is 15.7. The monoisotopic (exact) mass is 366 g/mol. The molecule has 0 saturated heterocycles. The Hall–Kier alpha value is -1.24. The Bertz CT molecular complexity index is 790. The fraction of sp³-hybridized carbons (Fsp3) is 0.267. The van der Waals surface area contributed by atoms with Gasteiger partial charge in [0.25, 0.3) is 0 Å². The van der Waals surface area contributed by atoms with E-state index in [1.54, 1.807) is 24.4 Å². The summed E-state index contributed by atoms with van der Waals surface area (Å²) in [5, 5.41) is 0. The van der Waals surface area contributed by atoms with Crippen LogP contribution in [0.3, 0.4) is 0 Å². The average Bonchev–Trinajstić information content (AvgIpc) is 2.49. The van der Waals surface area contributed by atoms with Crippen LogP contribution >= 0.6 is 15.9 Å². The van der Waals surface area contributed by atoms with Crippen LogP contribution in [-0.4, -0.2) is 24.3 Å². The molecule has 0 amide bonds. The zero-order valence-corrected chi connectivity index (χ0v) is 14.0. The van der Waals surface area contributed by atoms with Gasteiger partial charge in [0.2, 0.25) is 10.0 Å². The van der Waals surface area contributed by atoms with Gasteiger partial charge in [-0.25, -0.2) is 8.42 Å². The molecule has 1 aromatic carbocycles. The first-order valence-electron chi connectivity index (χ1n) is 6.67. The molecule has 1 aromatic heterocycles. The highest BCUT2D eigenvalue weighted by atomic mass is 79.9. The summed E-state index contributed by atoms with van der Waals surface area (Å²) in [4.78, 5) is 4.65. The molecule has 1 aliphatic rings. The molecule has 0 unspecified atom stereocenters. The van der Waals surface area contributed by atoms with Crippen molar-refractivity contribution in [2.75, 3.05) is 6.54 Å². The Kier molecular flexibility index (Phi) is 3.86. The molecule has 3 rings (SSSR count). The largest absolute Gasteiger partial charge is 0.261 e. The molecule has 0 aliphatic carbocycles. The van der Waals surface area contributed by atoms with E-state index in [4.69, 9.17) is 0 Å². The van der Waals surface area contributed by atoms with Gasteiger partial charge in [-0.2, -0.15) is 4.31 Å². The molecule has 0 N–H and O–H groups in total. The number of hydrogen-bond donors (Lipinski definition) is 0. The smallest absolute Gasteiger partial charge is 0.243 e. The zero-order valence-electron chi connectivity index (χ0n) is 11.6. The molecule has 21 heavy (non-hydrogen) atoms. The highest BCUT2D eigenvalue weighted by Gasteiger charge is 2.28. The van der Waals surface area contributed by atoms with Crippen molar-refractivity contribution in [2.45, 2.75) is 24.8 Å². The van der Waals surface area contributed by atoms with E-state index < -0.39 is 10.0 Å². The second-order valence-electron chi connectivity index (χ2n) is 5.11. The van der Waals surface area contributed by atoms with Crippen molar-refractivity contribution >= 4 is 26.0 Å². The number of benzene rings is 1. The van der Waals surface area contributed by atoms with Crippen LogP contribution in [0.1, 0.15) is 16.8 Å². The molecule has 110 valence electrons. The number of hydrogen-bond acceptors (Lipinski definition) is 3. The van der Waals surface area contributed by atoms with Gasteiger partial charge in [-0.15, -0.1) is 0 Å². The second-order valence-corrected chi connectivity index (χ2v) is 7.90. The van der Waals surface area contributed by atoms with Crippen LogP contribution in [0.5, 0.6) is 0 Å². The summed E-state index contributed by atoms with van der Waals surface area (Å²) in [7, 11) is -3.46. The summed E-state index contributed by atoms with van der Waals surface area (Å²) >= 11 is 3.40. The molecule has 6 heteroatoms. The fourth-order valence-corrected chi connectivity index (χ4v) is 4.22. The van der Waals surface area contributed by atoms with Crippen molar-refractivity contribution in [3.8, 4) is 0 Å². The van der Waals surface area contributed by atoms with E-state index in [1.165, 1.54) is 4.31 Å². The number of fused-ring (bicyclic) bond motifs is 1. The van der Waals surface area contributed by atoms with Gasteiger partial charge in [0.1, 0.15) is 0 Å². The van der Waals surface area contributed by atoms with E-state index in [2.05, 4.69) is 20.9 Å². The van der Waals surface area contributed by atoms with Crippen molar-refractivity contribution in [3.63, 3.8) is 0 Å². The molecule has 0 spiro atoms. The standard InChI is InChI=1S/C15H15BrN2O2S/c1-11-9-13(4-5-14(11)16)21(19,20)18-8-6-15-12(10-18)3-2-7-17-15/h2-5,7,9H,6,8,10H2,1H3. The molecule has 0 radical (unpaired) electrons. The highest BCUT2D eigenvalue weighted by molar-refractivity contribution is 9.10. The number of halogens is 1. The van der Waals surface area contributed by atoms with Crippen LogP contribution in [0.15, 0.2) is 45.9 Å². The van der Waals surface area contributed by atoms with Gasteiger partial charge in [0.05, 0.1) is 4.90 Å². The first kappa shape index (κ1) is 14.7. The van der Waals surface area contributed by atoms with Crippen molar-refractivity contribution in [1.82, 2.24) is 9.29 Å². The average molecular weight is 367 g/mol. The lowest BCUT2D eigenvalue weighted by Gasteiger charge is -2.27. The maximum Gasteiger partial charge on any atom is 0.243 e. The van der Waals surface area contributed by atoms with Gasteiger partial charge in [0.15, 0.2) is 0 Å². The van der Waals surface area contributed by atoms with Gasteiger partial charge >= 0.3 is 0 Å². The van der Waals surface area contributed by atoms with Gasteiger partial charge in [-0.3, -0.25) is 4.98 Å². The number of nitrogens with zero attached hydrogens (tertiary/aromatic N) is 2. The molecule has 2 heterocycles. The maximum atomic E-state index is 12.8. The first-order chi connectivity index (χ1) is 9.98. The minimum atomic E-state index is -3.46. The summed E-state index contributed by atoms with van der Waals surface area (Å²) < 4.78 is 27.9. The Balaban J connectivity index is 1.95. The molecule has 0 saturated carbocycles. The van der Waals surface area contributed by atoms with Crippen LogP contribution in [-0.2, 0) is 23.0 Å². The highest BCUT2D eigenvalue weighted by Crippen LogP contribution is 2.26. The van der Waals surface area contributed by atoms with E-state index in [-0.39, 0.29) is 0 Å². The van der Waals surface area contributed by atoms with Crippen molar-refractivity contribution in [3.05, 3.63) is 57.8 Å². The van der Waals surface area contributed by atoms with Gasteiger partial charge < -0.3 is 0 Å². The van der Waals surface area contributed by atoms with Gasteiger partial charge in [0, 0.05) is 35.9 Å². The number of pyridine rings is 1. The summed E-state index contributed by atoms with van der Waals surface area (Å²) in [5.74, 6) is 0. The third-order valence-corrected chi connectivity index (χ3v) is 6.43. The lowest BCUT2D eigenvalue weighted by molar-refractivity contribution is 0.388. The SMILES string of the molecule is Cc1cc(S(=O)(=O)N2CCc3ncccc3C2)ccc1Br. The van der Waals surface area contributed by atoms with Crippen LogP contribution in [0.2, 0.25) is 0 Å². The molecular formula is C15H15BrN2O2S. The maximum absolute atomic E-state index is 12.8. The lowest BCUT2D eigenvalue weighted by Crippen LogP contribution is -2.36. The van der Waals surface area contributed by atoms with Gasteiger partial charge in [-0.05, 0) is 42.3 Å². The van der Waals surface area contributed by atoms with Crippen LogP contribution in [0.25, 0.3) is 0 Å². The Morgan fingerprint density at radius 1 is 1.29 bits per heavy atom. The molecule has 0 atom stereocenters. The van der Waals surface area contributed by atoms with Crippen LogP contribution < -0.4 is 0 Å². The van der Waals surface area contributed by atoms with E-state index >= 15 is 0 Å². The van der Waals surface area contributed by atoms with Crippen molar-refractivity contribution in [2.24, 2.45) is 0 Å². The van der Waals surface area contributed by atoms with Crippen LogP contribution in [0, 0.1) is 6.92 Å². The predicted octanol–water partition coefficient (Wildman–Crippen LogP) is 2.90. The molecule has 0 fully saturated rings. The number of aryl methyl sites for hydroxylation is 1. The molecule has 0 bridgehead atoms. The quantitative estimate of drug-likeness (QED) is 0.820. The summed E-state index contributed by atoms with van der Waals surface area (Å²) in [6.45, 7) is 2.75. The first-order valence-corrected chi connectivity index (χ1v) is 8.91. The molecule has 2 aromatic rings. The van der Waals surface area contributed by atoms with E-state index in [9.17, 15) is 8.42 Å². The number of aromatic nitrogens is 1. The molecule has 1 aliphatic heterocycles. The third kappa shape index (κ3) is 2.75. The second kappa shape index (κ2) is 5.51. The van der Waals surface area contributed by atoms with E-state index in [0.717, 1.165) is 21.3 Å². The summed E-state index contributed by atoms with van der Waals surface area (Å²) in [5.41, 5.74) is 2.90. The van der Waals surface area contributed by atoms with Gasteiger partial charge in [-0.1, -0.05) is 22.0 Å². The van der Waals surface area contributed by atoms with E-state index in [0.29, 0.717) is 24.4 Å². The van der Waals surface area contributed by atoms with Crippen molar-refractivity contribution < 1.29 is 8.42 Å². The Morgan fingerprint density at radius 2 is 2.10 bits per heavy atom.